The highest BCUT2D eigenvalue weighted by molar-refractivity contribution is 7.78. The SMILES string of the molecule is O=C(Nc1nccs1)C(CC1CCCCC1)c1ccc(CS(=O)O)cc1. The summed E-state index contributed by atoms with van der Waals surface area (Å²) in [5, 5.41) is 5.40. The average Bonchev–Trinajstić information content (AvgIpc) is 3.14. The van der Waals surface area contributed by atoms with Gasteiger partial charge in [-0.2, -0.15) is 0 Å². The molecule has 1 aromatic carbocycles. The maximum atomic E-state index is 12.9. The standard InChI is InChI=1S/C19H24N2O3S2/c22-18(21-19-20-10-11-25-19)17(12-14-4-2-1-3-5-14)16-8-6-15(7-9-16)13-26(23)24/h6-11,14,17H,1-5,12-13H2,(H,23,24)(H,20,21,22). The third-order valence-corrected chi connectivity index (χ3v) is 6.21. The van der Waals surface area contributed by atoms with Crippen LogP contribution in [0.2, 0.25) is 0 Å². The Balaban J connectivity index is 1.76. The summed E-state index contributed by atoms with van der Waals surface area (Å²) in [6.07, 6.45) is 8.66. The zero-order valence-corrected chi connectivity index (χ0v) is 16.2. The summed E-state index contributed by atoms with van der Waals surface area (Å²) >= 11 is -0.442. The van der Waals surface area contributed by atoms with Crippen LogP contribution in [0.15, 0.2) is 35.8 Å². The molecule has 2 atom stereocenters. The lowest BCUT2D eigenvalue weighted by Crippen LogP contribution is -2.24. The predicted octanol–water partition coefficient (Wildman–Crippen LogP) is 4.56. The molecule has 2 aromatic rings. The van der Waals surface area contributed by atoms with Crippen LogP contribution in [0.1, 0.15) is 55.6 Å². The third kappa shape index (κ3) is 5.46. The van der Waals surface area contributed by atoms with Gasteiger partial charge in [0.1, 0.15) is 0 Å². The number of aromatic nitrogens is 1. The molecule has 26 heavy (non-hydrogen) atoms. The van der Waals surface area contributed by atoms with Gasteiger partial charge in [-0.3, -0.25) is 4.79 Å². The first kappa shape index (κ1) is 19.2. The first-order chi connectivity index (χ1) is 12.6. The van der Waals surface area contributed by atoms with Gasteiger partial charge in [-0.25, -0.2) is 9.19 Å². The second-order valence-electron chi connectivity index (χ2n) is 6.83. The van der Waals surface area contributed by atoms with Gasteiger partial charge < -0.3 is 9.87 Å². The topological polar surface area (TPSA) is 79.3 Å². The Morgan fingerprint density at radius 1 is 1.27 bits per heavy atom. The van der Waals surface area contributed by atoms with Gasteiger partial charge >= 0.3 is 0 Å². The minimum Gasteiger partial charge on any atom is -0.306 e. The van der Waals surface area contributed by atoms with Crippen LogP contribution in [-0.2, 0) is 21.6 Å². The van der Waals surface area contributed by atoms with Gasteiger partial charge in [-0.05, 0) is 23.5 Å². The van der Waals surface area contributed by atoms with Gasteiger partial charge in [0.25, 0.3) is 0 Å². The fourth-order valence-corrected chi connectivity index (χ4v) is 4.63. The number of hydrogen-bond acceptors (Lipinski definition) is 4. The van der Waals surface area contributed by atoms with E-state index in [0.717, 1.165) is 17.5 Å². The molecule has 1 amide bonds. The van der Waals surface area contributed by atoms with Crippen molar-refractivity contribution in [2.45, 2.75) is 50.2 Å². The van der Waals surface area contributed by atoms with Crippen molar-refractivity contribution in [1.29, 1.82) is 0 Å². The van der Waals surface area contributed by atoms with Crippen LogP contribution in [0.25, 0.3) is 0 Å². The number of anilines is 1. The smallest absolute Gasteiger partial charge is 0.233 e. The molecule has 0 bridgehead atoms. The lowest BCUT2D eigenvalue weighted by Gasteiger charge is -2.26. The molecule has 0 radical (unpaired) electrons. The van der Waals surface area contributed by atoms with E-state index in [1.165, 1.54) is 43.4 Å². The monoisotopic (exact) mass is 392 g/mol. The second kappa shape index (κ2) is 9.39. The van der Waals surface area contributed by atoms with E-state index in [-0.39, 0.29) is 17.6 Å². The number of amides is 1. The van der Waals surface area contributed by atoms with E-state index in [4.69, 9.17) is 4.55 Å². The highest BCUT2D eigenvalue weighted by atomic mass is 32.2. The normalized spacial score (nSPS) is 17.6. The molecule has 0 spiro atoms. The van der Waals surface area contributed by atoms with Crippen LogP contribution in [0.4, 0.5) is 5.13 Å². The van der Waals surface area contributed by atoms with Crippen molar-refractivity contribution in [2.75, 3.05) is 5.32 Å². The average molecular weight is 393 g/mol. The Kier molecular flexibility index (Phi) is 6.93. The second-order valence-corrected chi connectivity index (χ2v) is 8.65. The number of nitrogens with zero attached hydrogens (tertiary/aromatic N) is 1. The van der Waals surface area contributed by atoms with Crippen molar-refractivity contribution in [2.24, 2.45) is 5.92 Å². The van der Waals surface area contributed by atoms with Gasteiger partial charge in [0.15, 0.2) is 16.2 Å². The summed E-state index contributed by atoms with van der Waals surface area (Å²) in [6, 6.07) is 7.51. The maximum Gasteiger partial charge on any atom is 0.233 e. The molecule has 2 unspecified atom stereocenters. The summed E-state index contributed by atoms with van der Waals surface area (Å²) in [7, 11) is 0. The van der Waals surface area contributed by atoms with Crippen LogP contribution in [-0.4, -0.2) is 19.7 Å². The number of carbonyl (C=O) groups is 1. The quantitative estimate of drug-likeness (QED) is 0.677. The Labute approximate surface area is 160 Å². The van der Waals surface area contributed by atoms with E-state index in [1.807, 2.05) is 29.6 Å². The molecule has 5 nitrogen and oxygen atoms in total. The molecule has 1 aliphatic carbocycles. The molecular weight excluding hydrogens is 368 g/mol. The van der Waals surface area contributed by atoms with E-state index >= 15 is 0 Å². The molecule has 1 aliphatic rings. The molecule has 1 fully saturated rings. The number of thiazole rings is 1. The molecule has 140 valence electrons. The summed E-state index contributed by atoms with van der Waals surface area (Å²) in [5.41, 5.74) is 1.75. The lowest BCUT2D eigenvalue weighted by molar-refractivity contribution is -0.118. The number of hydrogen-bond donors (Lipinski definition) is 2. The van der Waals surface area contributed by atoms with Crippen molar-refractivity contribution in [3.63, 3.8) is 0 Å². The molecular formula is C19H24N2O3S2. The van der Waals surface area contributed by atoms with Crippen molar-refractivity contribution in [3.8, 4) is 0 Å². The Morgan fingerprint density at radius 2 is 2.00 bits per heavy atom. The van der Waals surface area contributed by atoms with E-state index in [2.05, 4.69) is 10.3 Å². The van der Waals surface area contributed by atoms with Crippen molar-refractivity contribution in [1.82, 2.24) is 4.98 Å². The van der Waals surface area contributed by atoms with Crippen molar-refractivity contribution >= 4 is 33.5 Å². The van der Waals surface area contributed by atoms with Gasteiger partial charge in [0.2, 0.25) is 5.91 Å². The largest absolute Gasteiger partial charge is 0.306 e. The Morgan fingerprint density at radius 3 is 2.62 bits per heavy atom. The van der Waals surface area contributed by atoms with Gasteiger partial charge in [-0.15, -0.1) is 11.3 Å². The minimum absolute atomic E-state index is 0.0241. The summed E-state index contributed by atoms with van der Waals surface area (Å²) in [6.45, 7) is 0. The fraction of sp³-hybridized carbons (Fsp3) is 0.474. The van der Waals surface area contributed by atoms with E-state index in [0.29, 0.717) is 11.0 Å². The van der Waals surface area contributed by atoms with Crippen molar-refractivity contribution < 1.29 is 13.6 Å². The van der Waals surface area contributed by atoms with Gasteiger partial charge in [-0.1, -0.05) is 56.4 Å². The van der Waals surface area contributed by atoms with Gasteiger partial charge in [0, 0.05) is 11.6 Å². The highest BCUT2D eigenvalue weighted by Gasteiger charge is 2.26. The molecule has 1 heterocycles. The Hall–Kier alpha value is -1.57. The van der Waals surface area contributed by atoms with Crippen molar-refractivity contribution in [3.05, 3.63) is 47.0 Å². The number of carbonyl (C=O) groups excluding carboxylic acids is 1. The maximum absolute atomic E-state index is 12.9. The Bertz CT molecular complexity index is 726. The number of nitrogens with one attached hydrogen (secondary N) is 1. The van der Waals surface area contributed by atoms with Crippen LogP contribution in [0, 0.1) is 5.92 Å². The molecule has 3 rings (SSSR count). The predicted molar refractivity (Wildman–Crippen MR) is 106 cm³/mol. The van der Waals surface area contributed by atoms with Gasteiger partial charge in [0.05, 0.1) is 11.7 Å². The van der Waals surface area contributed by atoms with E-state index < -0.39 is 11.1 Å². The van der Waals surface area contributed by atoms with Crippen LogP contribution < -0.4 is 5.32 Å². The summed E-state index contributed by atoms with van der Waals surface area (Å²) < 4.78 is 20.0. The van der Waals surface area contributed by atoms with Crippen LogP contribution in [0.5, 0.6) is 0 Å². The lowest BCUT2D eigenvalue weighted by atomic mass is 9.80. The first-order valence-electron chi connectivity index (χ1n) is 8.98. The van der Waals surface area contributed by atoms with Crippen LogP contribution >= 0.6 is 11.3 Å². The first-order valence-corrected chi connectivity index (χ1v) is 11.1. The molecule has 0 saturated heterocycles. The summed E-state index contributed by atoms with van der Waals surface area (Å²) in [5.74, 6) is 0.430. The molecule has 1 saturated carbocycles. The zero-order chi connectivity index (χ0) is 18.4. The molecule has 7 heteroatoms. The minimum atomic E-state index is -1.86. The van der Waals surface area contributed by atoms with E-state index in [1.54, 1.807) is 6.20 Å². The molecule has 2 N–H and O–H groups in total. The summed E-state index contributed by atoms with van der Waals surface area (Å²) in [4.78, 5) is 17.1. The number of benzene rings is 1. The zero-order valence-electron chi connectivity index (χ0n) is 14.6. The molecule has 1 aromatic heterocycles. The molecule has 0 aliphatic heterocycles. The third-order valence-electron chi connectivity index (χ3n) is 4.94. The highest BCUT2D eigenvalue weighted by Crippen LogP contribution is 2.34. The fourth-order valence-electron chi connectivity index (χ4n) is 3.62. The van der Waals surface area contributed by atoms with E-state index in [9.17, 15) is 9.00 Å². The number of rotatable bonds is 7. The van der Waals surface area contributed by atoms with Crippen LogP contribution in [0.3, 0.4) is 0 Å².